The van der Waals surface area contributed by atoms with Crippen molar-refractivity contribution in [2.24, 2.45) is 62.6 Å². The van der Waals surface area contributed by atoms with Gasteiger partial charge in [0.2, 0.25) is 0 Å². The highest BCUT2D eigenvalue weighted by atomic mass is 14.7. The molecule has 0 heterocycles. The van der Waals surface area contributed by atoms with Crippen molar-refractivity contribution in [2.45, 2.75) is 132 Å². The molecule has 0 aliphatic heterocycles. The van der Waals surface area contributed by atoms with Crippen molar-refractivity contribution in [3.8, 4) is 0 Å². The van der Waals surface area contributed by atoms with Gasteiger partial charge in [0.15, 0.2) is 0 Å². The average molecular weight is 427 g/mol. The van der Waals surface area contributed by atoms with Gasteiger partial charge < -0.3 is 0 Å². The molecular weight excluding hydrogens is 372 g/mol. The van der Waals surface area contributed by atoms with Crippen molar-refractivity contribution in [3.05, 3.63) is 0 Å². The van der Waals surface area contributed by atoms with Crippen LogP contribution in [0.2, 0.25) is 0 Å². The van der Waals surface area contributed by atoms with E-state index >= 15 is 0 Å². The lowest BCUT2D eigenvalue weighted by Crippen LogP contribution is -2.65. The molecule has 5 aliphatic carbocycles. The summed E-state index contributed by atoms with van der Waals surface area (Å²) < 4.78 is 0. The molecule has 178 valence electrons. The van der Waals surface area contributed by atoms with Crippen molar-refractivity contribution in [3.63, 3.8) is 0 Å². The Morgan fingerprint density at radius 3 is 1.90 bits per heavy atom. The van der Waals surface area contributed by atoms with E-state index in [-0.39, 0.29) is 0 Å². The smallest absolute Gasteiger partial charge is 0.0235 e. The van der Waals surface area contributed by atoms with Gasteiger partial charge in [-0.2, -0.15) is 0 Å². The summed E-state index contributed by atoms with van der Waals surface area (Å²) in [7, 11) is 0. The van der Waals surface area contributed by atoms with Gasteiger partial charge in [0, 0.05) is 0 Å². The van der Waals surface area contributed by atoms with Crippen LogP contribution in [0.5, 0.6) is 0 Å². The average Bonchev–Trinajstić information content (AvgIpc) is 3.04. The number of hydrogen-bond donors (Lipinski definition) is 0. The van der Waals surface area contributed by atoms with Gasteiger partial charge in [0.05, 0.1) is 0 Å². The van der Waals surface area contributed by atoms with Crippen molar-refractivity contribution in [1.82, 2.24) is 0 Å². The van der Waals surface area contributed by atoms with Crippen LogP contribution in [0.4, 0.5) is 0 Å². The highest BCUT2D eigenvalue weighted by molar-refractivity contribution is 5.19. The van der Waals surface area contributed by atoms with Crippen LogP contribution in [0.3, 0.4) is 0 Å². The fraction of sp³-hybridized carbons (Fsp3) is 1.00. The number of hydrogen-bond acceptors (Lipinski definition) is 0. The van der Waals surface area contributed by atoms with E-state index in [0.717, 1.165) is 35.5 Å². The Morgan fingerprint density at radius 2 is 1.26 bits per heavy atom. The van der Waals surface area contributed by atoms with E-state index < -0.39 is 0 Å². The molecule has 0 saturated heterocycles. The SMILES string of the molecule is CC[C@@H](C)[C@@H]1CC[C@@]2(C)[C@@H]1CC[C@]1(C)[C@@H]2CC[C@@H]2[C@@]3(C)CCCC(C)(C)[C@@H]3CC[C@]21C. The molecule has 0 spiro atoms. The van der Waals surface area contributed by atoms with Gasteiger partial charge in [-0.05, 0) is 127 Å². The normalized spacial score (nSPS) is 56.7. The van der Waals surface area contributed by atoms with Crippen LogP contribution in [0.15, 0.2) is 0 Å². The first-order valence-electron chi connectivity index (χ1n) is 14.4. The Kier molecular flexibility index (Phi) is 5.15. The first kappa shape index (κ1) is 22.8. The summed E-state index contributed by atoms with van der Waals surface area (Å²) in [6, 6.07) is 0. The Balaban J connectivity index is 1.50. The molecule has 0 bridgehead atoms. The maximum absolute atomic E-state index is 2.82. The minimum absolute atomic E-state index is 0.560. The largest absolute Gasteiger partial charge is 0.0651 e. The quantitative estimate of drug-likeness (QED) is 0.412. The predicted octanol–water partition coefficient (Wildman–Crippen LogP) is 9.52. The highest BCUT2D eigenvalue weighted by Crippen LogP contribution is 2.78. The van der Waals surface area contributed by atoms with Crippen LogP contribution in [0, 0.1) is 62.6 Å². The second-order valence-corrected chi connectivity index (χ2v) is 15.2. The number of fused-ring (bicyclic) bond motifs is 7. The second-order valence-electron chi connectivity index (χ2n) is 15.2. The maximum atomic E-state index is 2.82. The summed E-state index contributed by atoms with van der Waals surface area (Å²) >= 11 is 0. The Labute approximate surface area is 195 Å². The third-order valence-electron chi connectivity index (χ3n) is 14.1. The van der Waals surface area contributed by atoms with E-state index in [0.29, 0.717) is 27.1 Å². The van der Waals surface area contributed by atoms with Gasteiger partial charge in [-0.25, -0.2) is 0 Å². The monoisotopic (exact) mass is 426 g/mol. The van der Waals surface area contributed by atoms with Crippen molar-refractivity contribution in [2.75, 3.05) is 0 Å². The van der Waals surface area contributed by atoms with Gasteiger partial charge in [-0.3, -0.25) is 0 Å². The molecule has 31 heavy (non-hydrogen) atoms. The molecule has 0 nitrogen and oxygen atoms in total. The molecule has 0 aromatic rings. The van der Waals surface area contributed by atoms with Crippen molar-refractivity contribution >= 4 is 0 Å². The van der Waals surface area contributed by atoms with E-state index in [2.05, 4.69) is 55.4 Å². The zero-order valence-electron chi connectivity index (χ0n) is 22.4. The molecule has 0 radical (unpaired) electrons. The minimum Gasteiger partial charge on any atom is -0.0651 e. The molecule has 0 amide bonds. The minimum atomic E-state index is 0.560. The summed E-state index contributed by atoms with van der Waals surface area (Å²) in [4.78, 5) is 0. The van der Waals surface area contributed by atoms with Crippen LogP contribution in [-0.2, 0) is 0 Å². The van der Waals surface area contributed by atoms with Crippen LogP contribution in [-0.4, -0.2) is 0 Å². The fourth-order valence-electron chi connectivity index (χ4n) is 12.3. The molecule has 5 fully saturated rings. The predicted molar refractivity (Wildman–Crippen MR) is 134 cm³/mol. The Hall–Kier alpha value is 0. The van der Waals surface area contributed by atoms with Gasteiger partial charge in [-0.1, -0.05) is 68.2 Å². The van der Waals surface area contributed by atoms with Gasteiger partial charge in [0.25, 0.3) is 0 Å². The maximum Gasteiger partial charge on any atom is -0.0235 e. The van der Waals surface area contributed by atoms with Crippen LogP contribution < -0.4 is 0 Å². The summed E-state index contributed by atoms with van der Waals surface area (Å²) in [6.07, 6.45) is 18.1. The lowest BCUT2D eigenvalue weighted by atomic mass is 9.32. The molecule has 5 saturated carbocycles. The van der Waals surface area contributed by atoms with E-state index in [4.69, 9.17) is 0 Å². The summed E-state index contributed by atoms with van der Waals surface area (Å²) in [5.74, 6) is 5.86. The van der Waals surface area contributed by atoms with Crippen molar-refractivity contribution in [1.29, 1.82) is 0 Å². The van der Waals surface area contributed by atoms with Crippen LogP contribution in [0.25, 0.3) is 0 Å². The standard InChI is InChI=1S/C31H54/c1-9-21(2)22-13-18-28(5)23(22)14-19-30(7)25(28)11-12-26-29(6)17-10-16-27(3,4)24(29)15-20-31(26,30)8/h21-26H,9-20H2,1-8H3/t21-,22+,23-,24+,25-,26-,28+,29+,30-,31-/m1/s1. The first-order chi connectivity index (χ1) is 14.4. The molecule has 0 aromatic carbocycles. The van der Waals surface area contributed by atoms with Gasteiger partial charge >= 0.3 is 0 Å². The zero-order valence-corrected chi connectivity index (χ0v) is 22.4. The van der Waals surface area contributed by atoms with E-state index in [9.17, 15) is 0 Å². The van der Waals surface area contributed by atoms with Crippen LogP contribution >= 0.6 is 0 Å². The van der Waals surface area contributed by atoms with Gasteiger partial charge in [0.1, 0.15) is 0 Å². The molecule has 0 unspecified atom stereocenters. The Bertz CT molecular complexity index is 705. The highest BCUT2D eigenvalue weighted by Gasteiger charge is 2.70. The molecule has 5 rings (SSSR count). The molecular formula is C31H54. The molecule has 0 aromatic heterocycles. The molecule has 0 N–H and O–H groups in total. The summed E-state index contributed by atoms with van der Waals surface area (Å²) in [5, 5.41) is 0. The van der Waals surface area contributed by atoms with Crippen LogP contribution in [0.1, 0.15) is 132 Å². The third-order valence-corrected chi connectivity index (χ3v) is 14.1. The van der Waals surface area contributed by atoms with E-state index in [1.165, 1.54) is 70.6 Å². The number of rotatable bonds is 2. The van der Waals surface area contributed by atoms with Crippen molar-refractivity contribution < 1.29 is 0 Å². The molecule has 10 atom stereocenters. The lowest BCUT2D eigenvalue weighted by molar-refractivity contribution is -0.241. The first-order valence-corrected chi connectivity index (χ1v) is 14.4. The topological polar surface area (TPSA) is 0 Å². The third kappa shape index (κ3) is 2.78. The Morgan fingerprint density at radius 1 is 0.645 bits per heavy atom. The zero-order chi connectivity index (χ0) is 22.4. The molecule has 0 heteroatoms. The second kappa shape index (κ2) is 7.01. The van der Waals surface area contributed by atoms with E-state index in [1.54, 1.807) is 6.42 Å². The summed E-state index contributed by atoms with van der Waals surface area (Å²) in [5.41, 5.74) is 2.91. The lowest BCUT2D eigenvalue weighted by Gasteiger charge is -2.73. The molecule has 5 aliphatic rings. The van der Waals surface area contributed by atoms with E-state index in [1.807, 2.05) is 0 Å². The fourth-order valence-corrected chi connectivity index (χ4v) is 12.3. The van der Waals surface area contributed by atoms with Gasteiger partial charge in [-0.15, -0.1) is 0 Å². The summed E-state index contributed by atoms with van der Waals surface area (Å²) in [6.45, 7) is 21.4.